The number of aliphatic hydroxyl groups is 2. The van der Waals surface area contributed by atoms with E-state index < -0.39 is 51.8 Å². The minimum atomic E-state index is -4.63. The monoisotopic (exact) mass is 780 g/mol. The molecule has 54 heavy (non-hydrogen) atoms. The Balaban J connectivity index is 4.47. The first-order chi connectivity index (χ1) is 26.2. The maximum absolute atomic E-state index is 12.6. The normalized spacial score (nSPS) is 14.7. The van der Waals surface area contributed by atoms with Crippen molar-refractivity contribution in [3.63, 3.8) is 0 Å². The van der Waals surface area contributed by atoms with Gasteiger partial charge in [0.2, 0.25) is 0 Å². The molecule has 11 heteroatoms. The Bertz CT molecular complexity index is 1130. The van der Waals surface area contributed by atoms with Crippen LogP contribution in [0.5, 0.6) is 0 Å². The molecule has 3 N–H and O–H groups in total. The number of carbonyl (C=O) groups is 2. The highest BCUT2D eigenvalue weighted by atomic mass is 31.2. The Kier molecular flexibility index (Phi) is 36.8. The number of unbranched alkanes of at least 4 members (excludes halogenated alkanes) is 11. The molecule has 0 radical (unpaired) electrons. The molecule has 0 saturated heterocycles. The number of hydrogen-bond acceptors (Lipinski definition) is 9. The number of hydrogen-bond donors (Lipinski definition) is 3. The van der Waals surface area contributed by atoms with E-state index in [-0.39, 0.29) is 19.4 Å². The summed E-state index contributed by atoms with van der Waals surface area (Å²) in [6, 6.07) is 0. The van der Waals surface area contributed by atoms with Gasteiger partial charge in [-0.2, -0.15) is 0 Å². The molecule has 0 aliphatic rings. The summed E-state index contributed by atoms with van der Waals surface area (Å²) in [7, 11) is -4.63. The smallest absolute Gasteiger partial charge is 0.462 e. The van der Waals surface area contributed by atoms with Crippen LogP contribution in [0.25, 0.3) is 0 Å². The van der Waals surface area contributed by atoms with Gasteiger partial charge in [0.1, 0.15) is 12.7 Å². The lowest BCUT2D eigenvalue weighted by atomic mass is 10.1. The number of phosphoric acid groups is 1. The van der Waals surface area contributed by atoms with Crippen LogP contribution in [0, 0.1) is 0 Å². The van der Waals surface area contributed by atoms with Crippen molar-refractivity contribution in [1.82, 2.24) is 0 Å². The van der Waals surface area contributed by atoms with Gasteiger partial charge in [-0.3, -0.25) is 18.6 Å². The van der Waals surface area contributed by atoms with Gasteiger partial charge in [0.25, 0.3) is 0 Å². The molecule has 3 atom stereocenters. The number of aliphatic hydroxyl groups excluding tert-OH is 2. The summed E-state index contributed by atoms with van der Waals surface area (Å²) in [5.74, 6) is -1.01. The fourth-order valence-corrected chi connectivity index (χ4v) is 5.67. The van der Waals surface area contributed by atoms with Gasteiger partial charge in [-0.05, 0) is 77.0 Å². The largest absolute Gasteiger partial charge is 0.472 e. The topological polar surface area (TPSA) is 149 Å². The highest BCUT2D eigenvalue weighted by Crippen LogP contribution is 2.43. The molecular weight excluding hydrogens is 707 g/mol. The summed E-state index contributed by atoms with van der Waals surface area (Å²) in [4.78, 5) is 34.9. The van der Waals surface area contributed by atoms with Crippen LogP contribution in [0.1, 0.15) is 149 Å². The van der Waals surface area contributed by atoms with Crippen LogP contribution in [-0.4, -0.2) is 65.7 Å². The number of carbonyl (C=O) groups excluding carboxylic acids is 2. The van der Waals surface area contributed by atoms with E-state index in [1.54, 1.807) is 0 Å². The summed E-state index contributed by atoms with van der Waals surface area (Å²) < 4.78 is 32.6. The predicted octanol–water partition coefficient (Wildman–Crippen LogP) is 10.5. The Morgan fingerprint density at radius 1 is 0.556 bits per heavy atom. The fraction of sp³-hybridized carbons (Fsp3) is 0.674. The van der Waals surface area contributed by atoms with E-state index in [0.29, 0.717) is 19.3 Å². The van der Waals surface area contributed by atoms with Crippen molar-refractivity contribution in [1.29, 1.82) is 0 Å². The average molecular weight is 781 g/mol. The second-order valence-electron chi connectivity index (χ2n) is 13.3. The number of phosphoric ester groups is 1. The van der Waals surface area contributed by atoms with E-state index in [0.717, 1.165) is 70.6 Å². The summed E-state index contributed by atoms with van der Waals surface area (Å²) in [5, 5.41) is 18.3. The Morgan fingerprint density at radius 3 is 1.56 bits per heavy atom. The zero-order chi connectivity index (χ0) is 39.8. The molecule has 310 valence electrons. The fourth-order valence-electron chi connectivity index (χ4n) is 4.88. The maximum atomic E-state index is 12.6. The highest BCUT2D eigenvalue weighted by molar-refractivity contribution is 7.47. The summed E-state index contributed by atoms with van der Waals surface area (Å²) in [6.45, 7) is 2.21. The van der Waals surface area contributed by atoms with Crippen molar-refractivity contribution in [2.24, 2.45) is 0 Å². The minimum absolute atomic E-state index is 0.153. The number of rotatable bonds is 37. The lowest BCUT2D eigenvalue weighted by molar-refractivity contribution is -0.161. The molecule has 0 rings (SSSR count). The van der Waals surface area contributed by atoms with E-state index >= 15 is 0 Å². The molecule has 0 aromatic rings. The molecule has 0 heterocycles. The second-order valence-corrected chi connectivity index (χ2v) is 14.8. The van der Waals surface area contributed by atoms with Crippen LogP contribution in [0.3, 0.4) is 0 Å². The quantitative estimate of drug-likeness (QED) is 0.0241. The van der Waals surface area contributed by atoms with E-state index in [1.807, 2.05) is 6.08 Å². The first-order valence-corrected chi connectivity index (χ1v) is 21.9. The van der Waals surface area contributed by atoms with Crippen LogP contribution < -0.4 is 0 Å². The van der Waals surface area contributed by atoms with Crippen LogP contribution in [0.15, 0.2) is 72.9 Å². The first-order valence-electron chi connectivity index (χ1n) is 20.4. The molecule has 0 bridgehead atoms. The molecule has 0 saturated carbocycles. The van der Waals surface area contributed by atoms with Crippen molar-refractivity contribution >= 4 is 19.8 Å². The van der Waals surface area contributed by atoms with Gasteiger partial charge >= 0.3 is 19.8 Å². The van der Waals surface area contributed by atoms with Gasteiger partial charge < -0.3 is 24.6 Å². The molecule has 0 aliphatic carbocycles. The standard InChI is InChI=1S/C43H73O10P/c1-3-5-7-9-11-13-15-17-19-20-21-23-24-26-28-30-32-34-42(46)50-38-41(39-52-54(48,49)51-37-40(45)36-44)53-43(47)35-33-31-29-27-25-22-18-16-14-12-10-8-6-4-2/h10-13,16-19,21,23,26,28,40-41,44-45H,3-9,14-15,20,22,24-25,27,29-39H2,1-2H3,(H,48,49)/b12-10+,13-11+,18-16+,19-17+,23-21+,28-26+/t40-,41+/m0/s1. The third-order valence-electron chi connectivity index (χ3n) is 8.08. The SMILES string of the molecule is CCCC/C=C/C/C=C/CCCCCCCC(=O)O[C@H](COC(=O)CCC/C=C/C/C=C/C/C=C/C/C=C/CCCCC)COP(=O)(O)OC[C@@H](O)CO. The van der Waals surface area contributed by atoms with Crippen molar-refractivity contribution < 1.29 is 47.8 Å². The summed E-state index contributed by atoms with van der Waals surface area (Å²) in [6.07, 6.45) is 43.0. The molecule has 0 aliphatic heterocycles. The molecule has 0 spiro atoms. The van der Waals surface area contributed by atoms with Crippen molar-refractivity contribution in [3.8, 4) is 0 Å². The van der Waals surface area contributed by atoms with Crippen molar-refractivity contribution in [2.75, 3.05) is 26.4 Å². The van der Waals surface area contributed by atoms with Crippen LogP contribution in [-0.2, 0) is 32.7 Å². The second kappa shape index (κ2) is 38.7. The van der Waals surface area contributed by atoms with Gasteiger partial charge in [-0.25, -0.2) is 4.57 Å². The molecular formula is C43H73O10P. The van der Waals surface area contributed by atoms with Crippen molar-refractivity contribution in [2.45, 2.75) is 161 Å². The zero-order valence-electron chi connectivity index (χ0n) is 33.4. The van der Waals surface area contributed by atoms with E-state index in [4.69, 9.17) is 19.1 Å². The highest BCUT2D eigenvalue weighted by Gasteiger charge is 2.27. The maximum Gasteiger partial charge on any atom is 0.472 e. The van der Waals surface area contributed by atoms with Gasteiger partial charge in [0, 0.05) is 12.8 Å². The molecule has 0 amide bonds. The van der Waals surface area contributed by atoms with Gasteiger partial charge in [0.05, 0.1) is 19.8 Å². The van der Waals surface area contributed by atoms with Crippen LogP contribution in [0.2, 0.25) is 0 Å². The Morgan fingerprint density at radius 2 is 1.00 bits per heavy atom. The first kappa shape index (κ1) is 51.4. The van der Waals surface area contributed by atoms with E-state index in [1.165, 1.54) is 32.1 Å². The Labute approximate surface area is 327 Å². The number of esters is 2. The zero-order valence-corrected chi connectivity index (χ0v) is 34.3. The van der Waals surface area contributed by atoms with Crippen LogP contribution >= 0.6 is 7.82 Å². The number of ether oxygens (including phenoxy) is 2. The average Bonchev–Trinajstić information content (AvgIpc) is 3.16. The lowest BCUT2D eigenvalue weighted by Crippen LogP contribution is -2.29. The van der Waals surface area contributed by atoms with Crippen LogP contribution in [0.4, 0.5) is 0 Å². The predicted molar refractivity (Wildman–Crippen MR) is 219 cm³/mol. The summed E-state index contributed by atoms with van der Waals surface area (Å²) >= 11 is 0. The lowest BCUT2D eigenvalue weighted by Gasteiger charge is -2.20. The summed E-state index contributed by atoms with van der Waals surface area (Å²) in [5.41, 5.74) is 0. The third-order valence-corrected chi connectivity index (χ3v) is 9.03. The van der Waals surface area contributed by atoms with E-state index in [2.05, 4.69) is 85.2 Å². The minimum Gasteiger partial charge on any atom is -0.462 e. The molecule has 0 aromatic carbocycles. The van der Waals surface area contributed by atoms with Gasteiger partial charge in [0.15, 0.2) is 6.10 Å². The van der Waals surface area contributed by atoms with Gasteiger partial charge in [-0.1, -0.05) is 132 Å². The van der Waals surface area contributed by atoms with Gasteiger partial charge in [-0.15, -0.1) is 0 Å². The van der Waals surface area contributed by atoms with E-state index in [9.17, 15) is 24.2 Å². The molecule has 0 aromatic heterocycles. The number of allylic oxidation sites excluding steroid dienone is 12. The molecule has 10 nitrogen and oxygen atoms in total. The third kappa shape index (κ3) is 37.7. The molecule has 0 fully saturated rings. The van der Waals surface area contributed by atoms with Crippen molar-refractivity contribution in [3.05, 3.63) is 72.9 Å². The molecule has 1 unspecified atom stereocenters. The Hall–Kier alpha value is -2.59.